The topological polar surface area (TPSA) is 24.9 Å². The van der Waals surface area contributed by atoms with Crippen molar-refractivity contribution in [3.63, 3.8) is 0 Å². The van der Waals surface area contributed by atoms with Crippen LogP contribution in [-0.2, 0) is 6.54 Å². The minimum Gasteiger partial charge on any atom is -0.312 e. The first-order valence-electron chi connectivity index (χ1n) is 6.62. The first kappa shape index (κ1) is 11.4. The van der Waals surface area contributed by atoms with Gasteiger partial charge < -0.3 is 5.32 Å². The van der Waals surface area contributed by atoms with Crippen molar-refractivity contribution < 1.29 is 0 Å². The summed E-state index contributed by atoms with van der Waals surface area (Å²) < 4.78 is 0. The van der Waals surface area contributed by atoms with Crippen LogP contribution in [0.3, 0.4) is 0 Å². The van der Waals surface area contributed by atoms with Crippen molar-refractivity contribution in [1.82, 2.24) is 10.3 Å². The fraction of sp³-hybridized carbons (Fsp3) is 0.312. The van der Waals surface area contributed by atoms with Gasteiger partial charge in [0.05, 0.1) is 0 Å². The molecule has 1 heterocycles. The van der Waals surface area contributed by atoms with E-state index in [1.54, 1.807) is 0 Å². The quantitative estimate of drug-likeness (QED) is 0.865. The van der Waals surface area contributed by atoms with E-state index in [1.165, 1.54) is 29.5 Å². The van der Waals surface area contributed by atoms with E-state index in [9.17, 15) is 0 Å². The molecule has 0 saturated heterocycles. The van der Waals surface area contributed by atoms with Gasteiger partial charge in [0.2, 0.25) is 0 Å². The van der Waals surface area contributed by atoms with Gasteiger partial charge in [-0.05, 0) is 42.5 Å². The van der Waals surface area contributed by atoms with E-state index >= 15 is 0 Å². The van der Waals surface area contributed by atoms with Gasteiger partial charge in [0.1, 0.15) is 0 Å². The zero-order valence-electron chi connectivity index (χ0n) is 10.5. The van der Waals surface area contributed by atoms with Crippen LogP contribution in [0.2, 0.25) is 0 Å². The van der Waals surface area contributed by atoms with Crippen molar-refractivity contribution in [1.29, 1.82) is 0 Å². The molecule has 2 nitrogen and oxygen atoms in total. The van der Waals surface area contributed by atoms with Crippen molar-refractivity contribution >= 4 is 0 Å². The van der Waals surface area contributed by atoms with Crippen LogP contribution in [0, 0.1) is 5.92 Å². The molecule has 0 amide bonds. The summed E-state index contributed by atoms with van der Waals surface area (Å²) in [5, 5.41) is 3.55. The molecule has 1 aliphatic carbocycles. The fourth-order valence-corrected chi connectivity index (χ4v) is 2.21. The van der Waals surface area contributed by atoms with Crippen LogP contribution in [0.4, 0.5) is 0 Å². The molecule has 0 radical (unpaired) electrons. The minimum atomic E-state index is 0.926. The summed E-state index contributed by atoms with van der Waals surface area (Å²) in [6.45, 7) is 2.10. The van der Waals surface area contributed by atoms with Gasteiger partial charge in [-0.3, -0.25) is 4.98 Å². The average Bonchev–Trinajstić information content (AvgIpc) is 3.25. The van der Waals surface area contributed by atoms with Gasteiger partial charge in [-0.25, -0.2) is 0 Å². The van der Waals surface area contributed by atoms with Crippen molar-refractivity contribution in [2.45, 2.75) is 19.4 Å². The van der Waals surface area contributed by atoms with Crippen molar-refractivity contribution in [2.75, 3.05) is 6.54 Å². The van der Waals surface area contributed by atoms with Gasteiger partial charge in [-0.2, -0.15) is 0 Å². The molecule has 1 aromatic heterocycles. The Morgan fingerprint density at radius 1 is 1.11 bits per heavy atom. The molecule has 1 N–H and O–H groups in total. The Bertz CT molecular complexity index is 504. The van der Waals surface area contributed by atoms with E-state index in [4.69, 9.17) is 0 Å². The smallest absolute Gasteiger partial charge is 0.0346 e. The van der Waals surface area contributed by atoms with Crippen molar-refractivity contribution in [3.05, 3.63) is 54.4 Å². The third-order valence-electron chi connectivity index (χ3n) is 3.44. The minimum absolute atomic E-state index is 0.926. The van der Waals surface area contributed by atoms with Gasteiger partial charge in [-0.1, -0.05) is 30.3 Å². The van der Waals surface area contributed by atoms with E-state index in [0.29, 0.717) is 0 Å². The molecule has 2 aromatic rings. The lowest BCUT2D eigenvalue weighted by Gasteiger charge is -2.10. The fourth-order valence-electron chi connectivity index (χ4n) is 2.21. The molecule has 18 heavy (non-hydrogen) atoms. The molecule has 0 unspecified atom stereocenters. The number of nitrogens with zero attached hydrogens (tertiary/aromatic N) is 1. The van der Waals surface area contributed by atoms with Crippen LogP contribution in [0.25, 0.3) is 11.1 Å². The van der Waals surface area contributed by atoms with Crippen LogP contribution in [-0.4, -0.2) is 11.5 Å². The number of hydrogen-bond donors (Lipinski definition) is 1. The summed E-state index contributed by atoms with van der Waals surface area (Å²) in [6, 6.07) is 12.7. The molecule has 0 spiro atoms. The summed E-state index contributed by atoms with van der Waals surface area (Å²) in [6.07, 6.45) is 6.55. The Balaban J connectivity index is 1.76. The van der Waals surface area contributed by atoms with Crippen LogP contribution in [0.5, 0.6) is 0 Å². The Labute approximate surface area is 108 Å². The highest BCUT2D eigenvalue weighted by Gasteiger charge is 2.20. The van der Waals surface area contributed by atoms with Gasteiger partial charge in [-0.15, -0.1) is 0 Å². The van der Waals surface area contributed by atoms with E-state index in [1.807, 2.05) is 18.5 Å². The number of benzene rings is 1. The highest BCUT2D eigenvalue weighted by atomic mass is 14.9. The average molecular weight is 238 g/mol. The summed E-state index contributed by atoms with van der Waals surface area (Å²) in [7, 11) is 0. The molecule has 1 fully saturated rings. The maximum absolute atomic E-state index is 4.20. The third kappa shape index (κ3) is 2.77. The van der Waals surface area contributed by atoms with Gasteiger partial charge in [0.25, 0.3) is 0 Å². The molecule has 0 atom stereocenters. The monoisotopic (exact) mass is 238 g/mol. The summed E-state index contributed by atoms with van der Waals surface area (Å²) in [5.74, 6) is 0.926. The van der Waals surface area contributed by atoms with E-state index < -0.39 is 0 Å². The predicted octanol–water partition coefficient (Wildman–Crippen LogP) is 3.25. The summed E-state index contributed by atoms with van der Waals surface area (Å²) >= 11 is 0. The zero-order valence-corrected chi connectivity index (χ0v) is 10.5. The lowest BCUT2D eigenvalue weighted by atomic mass is 10.0. The lowest BCUT2D eigenvalue weighted by molar-refractivity contribution is 0.639. The van der Waals surface area contributed by atoms with Gasteiger partial charge >= 0.3 is 0 Å². The first-order chi connectivity index (χ1) is 8.93. The molecule has 2 heteroatoms. The number of nitrogens with one attached hydrogen (secondary N) is 1. The van der Waals surface area contributed by atoms with Crippen molar-refractivity contribution in [2.24, 2.45) is 5.92 Å². The second-order valence-electron chi connectivity index (χ2n) is 4.97. The highest BCUT2D eigenvalue weighted by Crippen LogP contribution is 2.28. The normalized spacial score (nSPS) is 14.7. The summed E-state index contributed by atoms with van der Waals surface area (Å²) in [4.78, 5) is 4.20. The Kier molecular flexibility index (Phi) is 3.37. The number of rotatable bonds is 5. The standard InChI is InChI=1S/C16H18N2/c1-2-6-16(15-5-3-9-17-11-15)14(4-1)12-18-10-13-7-8-13/h1-6,9,11,13,18H,7-8,10,12H2. The van der Waals surface area contributed by atoms with E-state index in [0.717, 1.165) is 19.0 Å². The lowest BCUT2D eigenvalue weighted by Crippen LogP contribution is -2.16. The van der Waals surface area contributed by atoms with Crippen LogP contribution in [0.15, 0.2) is 48.8 Å². The number of hydrogen-bond acceptors (Lipinski definition) is 2. The van der Waals surface area contributed by atoms with E-state index in [2.05, 4.69) is 40.6 Å². The molecule has 3 rings (SSSR count). The van der Waals surface area contributed by atoms with E-state index in [-0.39, 0.29) is 0 Å². The van der Waals surface area contributed by atoms with Gasteiger partial charge in [0, 0.05) is 24.5 Å². The Hall–Kier alpha value is -1.67. The molecule has 0 bridgehead atoms. The second-order valence-corrected chi connectivity index (χ2v) is 4.97. The maximum Gasteiger partial charge on any atom is 0.0346 e. The Morgan fingerprint density at radius 3 is 2.78 bits per heavy atom. The third-order valence-corrected chi connectivity index (χ3v) is 3.44. The number of aromatic nitrogens is 1. The molecule has 1 aromatic carbocycles. The largest absolute Gasteiger partial charge is 0.312 e. The molecule has 92 valence electrons. The number of pyridine rings is 1. The molecule has 1 aliphatic rings. The SMILES string of the molecule is c1cncc(-c2ccccc2CNCC2CC2)c1. The van der Waals surface area contributed by atoms with Crippen LogP contribution >= 0.6 is 0 Å². The molecular formula is C16H18N2. The van der Waals surface area contributed by atoms with Crippen molar-refractivity contribution in [3.8, 4) is 11.1 Å². The Morgan fingerprint density at radius 2 is 2.00 bits per heavy atom. The molecule has 1 saturated carbocycles. The van der Waals surface area contributed by atoms with Gasteiger partial charge in [0.15, 0.2) is 0 Å². The van der Waals surface area contributed by atoms with Crippen LogP contribution < -0.4 is 5.32 Å². The predicted molar refractivity (Wildman–Crippen MR) is 74.1 cm³/mol. The highest BCUT2D eigenvalue weighted by molar-refractivity contribution is 5.66. The second kappa shape index (κ2) is 5.32. The first-order valence-corrected chi connectivity index (χ1v) is 6.62. The molecule has 0 aliphatic heterocycles. The maximum atomic E-state index is 4.20. The summed E-state index contributed by atoms with van der Waals surface area (Å²) in [5.41, 5.74) is 3.83. The zero-order chi connectivity index (χ0) is 12.2. The molecular weight excluding hydrogens is 220 g/mol. The van der Waals surface area contributed by atoms with Crippen LogP contribution in [0.1, 0.15) is 18.4 Å².